The first-order valence-corrected chi connectivity index (χ1v) is 12.7. The van der Waals surface area contributed by atoms with Gasteiger partial charge < -0.3 is 19.3 Å². The van der Waals surface area contributed by atoms with Gasteiger partial charge in [0.25, 0.3) is 5.91 Å². The van der Waals surface area contributed by atoms with E-state index in [2.05, 4.69) is 23.1 Å². The summed E-state index contributed by atoms with van der Waals surface area (Å²) >= 11 is 0. The van der Waals surface area contributed by atoms with Crippen LogP contribution in [0.15, 0.2) is 85.1 Å². The van der Waals surface area contributed by atoms with Gasteiger partial charge in [0.2, 0.25) is 0 Å². The van der Waals surface area contributed by atoms with Gasteiger partial charge in [0.05, 0.1) is 31.5 Å². The SMILES string of the molecule is CCOc1ccccc1N1CCN(C(=O)c2cn(Cc3ccccc3)nc2-c2ccc(OC)cc2)CC1. The highest BCUT2D eigenvalue weighted by Gasteiger charge is 2.27. The topological polar surface area (TPSA) is 59.8 Å². The molecular formula is C30H32N4O3. The third-order valence-corrected chi connectivity index (χ3v) is 6.62. The number of hydrogen-bond donors (Lipinski definition) is 0. The second-order valence-electron chi connectivity index (χ2n) is 8.98. The van der Waals surface area contributed by atoms with Gasteiger partial charge in [-0.25, -0.2) is 0 Å². The molecule has 1 aliphatic heterocycles. The first kappa shape index (κ1) is 24.4. The quantitative estimate of drug-likeness (QED) is 0.345. The van der Waals surface area contributed by atoms with Crippen molar-refractivity contribution in [1.29, 1.82) is 0 Å². The standard InChI is InChI=1S/C30H32N4O3/c1-3-37-28-12-8-7-11-27(28)32-17-19-33(20-18-32)30(35)26-22-34(21-23-9-5-4-6-10-23)31-29(26)24-13-15-25(36-2)16-14-24/h4-16,22H,3,17-21H2,1-2H3. The summed E-state index contributed by atoms with van der Waals surface area (Å²) in [6.45, 7) is 5.95. The molecular weight excluding hydrogens is 464 g/mol. The van der Waals surface area contributed by atoms with Crippen molar-refractivity contribution in [3.05, 3.63) is 96.2 Å². The molecule has 37 heavy (non-hydrogen) atoms. The molecule has 0 aliphatic carbocycles. The van der Waals surface area contributed by atoms with E-state index < -0.39 is 0 Å². The third-order valence-electron chi connectivity index (χ3n) is 6.62. The zero-order chi connectivity index (χ0) is 25.6. The van der Waals surface area contributed by atoms with Crippen molar-refractivity contribution >= 4 is 11.6 Å². The second-order valence-corrected chi connectivity index (χ2v) is 8.98. The predicted octanol–water partition coefficient (Wildman–Crippen LogP) is 4.97. The van der Waals surface area contributed by atoms with E-state index in [-0.39, 0.29) is 5.91 Å². The minimum Gasteiger partial charge on any atom is -0.497 e. The summed E-state index contributed by atoms with van der Waals surface area (Å²) < 4.78 is 13.0. The highest BCUT2D eigenvalue weighted by atomic mass is 16.5. The van der Waals surface area contributed by atoms with Crippen LogP contribution in [0.1, 0.15) is 22.8 Å². The van der Waals surface area contributed by atoms with Crippen LogP contribution in [-0.2, 0) is 6.54 Å². The molecule has 0 spiro atoms. The Hall–Kier alpha value is -4.26. The Morgan fingerprint density at radius 2 is 1.59 bits per heavy atom. The Kier molecular flexibility index (Phi) is 7.40. The number of carbonyl (C=O) groups excluding carboxylic acids is 1. The Balaban J connectivity index is 1.38. The third kappa shape index (κ3) is 5.45. The van der Waals surface area contributed by atoms with E-state index >= 15 is 0 Å². The molecule has 2 heterocycles. The van der Waals surface area contributed by atoms with Crippen LogP contribution in [-0.4, -0.2) is 60.5 Å². The number of anilines is 1. The van der Waals surface area contributed by atoms with E-state index in [1.54, 1.807) is 7.11 Å². The summed E-state index contributed by atoms with van der Waals surface area (Å²) in [5, 5.41) is 4.84. The van der Waals surface area contributed by atoms with Crippen LogP contribution in [0.25, 0.3) is 11.3 Å². The fourth-order valence-corrected chi connectivity index (χ4v) is 4.71. The molecule has 0 unspecified atom stereocenters. The minimum atomic E-state index is 0.00266. The number of nitrogens with zero attached hydrogens (tertiary/aromatic N) is 4. The Morgan fingerprint density at radius 3 is 2.30 bits per heavy atom. The summed E-state index contributed by atoms with van der Waals surface area (Å²) in [7, 11) is 1.64. The molecule has 7 nitrogen and oxygen atoms in total. The fraction of sp³-hybridized carbons (Fsp3) is 0.267. The second kappa shape index (κ2) is 11.2. The number of amides is 1. The van der Waals surface area contributed by atoms with Crippen molar-refractivity contribution in [3.63, 3.8) is 0 Å². The maximum atomic E-state index is 13.8. The first-order valence-electron chi connectivity index (χ1n) is 12.7. The average molecular weight is 497 g/mol. The Morgan fingerprint density at radius 1 is 0.892 bits per heavy atom. The zero-order valence-electron chi connectivity index (χ0n) is 21.3. The summed E-state index contributed by atoms with van der Waals surface area (Å²) in [5.74, 6) is 1.65. The molecule has 1 saturated heterocycles. The van der Waals surface area contributed by atoms with Crippen molar-refractivity contribution in [2.24, 2.45) is 0 Å². The van der Waals surface area contributed by atoms with Gasteiger partial charge in [0.15, 0.2) is 0 Å². The molecule has 7 heteroatoms. The molecule has 1 amide bonds. The molecule has 5 rings (SSSR count). The lowest BCUT2D eigenvalue weighted by atomic mass is 10.1. The van der Waals surface area contributed by atoms with Crippen molar-refractivity contribution in [1.82, 2.24) is 14.7 Å². The highest BCUT2D eigenvalue weighted by molar-refractivity contribution is 6.00. The first-order chi connectivity index (χ1) is 18.2. The van der Waals surface area contributed by atoms with Gasteiger partial charge in [0, 0.05) is 37.9 Å². The van der Waals surface area contributed by atoms with Crippen LogP contribution in [0.2, 0.25) is 0 Å². The van der Waals surface area contributed by atoms with Gasteiger partial charge in [-0.2, -0.15) is 5.10 Å². The number of methoxy groups -OCH3 is 1. The van der Waals surface area contributed by atoms with E-state index in [1.165, 1.54) is 0 Å². The maximum Gasteiger partial charge on any atom is 0.257 e. The number of rotatable bonds is 8. The van der Waals surface area contributed by atoms with E-state index in [1.807, 2.05) is 83.4 Å². The molecule has 4 aromatic rings. The van der Waals surface area contributed by atoms with Gasteiger partial charge in [-0.3, -0.25) is 9.48 Å². The lowest BCUT2D eigenvalue weighted by molar-refractivity contribution is 0.0747. The minimum absolute atomic E-state index is 0.00266. The predicted molar refractivity (Wildman–Crippen MR) is 145 cm³/mol. The number of benzene rings is 3. The Bertz CT molecular complexity index is 1330. The van der Waals surface area contributed by atoms with E-state index in [0.29, 0.717) is 37.5 Å². The molecule has 1 aliphatic rings. The van der Waals surface area contributed by atoms with Crippen LogP contribution in [0, 0.1) is 0 Å². The average Bonchev–Trinajstić information content (AvgIpc) is 3.37. The van der Waals surface area contributed by atoms with Crippen LogP contribution < -0.4 is 14.4 Å². The molecule has 0 N–H and O–H groups in total. The molecule has 0 saturated carbocycles. The van der Waals surface area contributed by atoms with Crippen molar-refractivity contribution in [2.45, 2.75) is 13.5 Å². The number of aromatic nitrogens is 2. The van der Waals surface area contributed by atoms with E-state index in [0.717, 1.165) is 41.4 Å². The molecule has 190 valence electrons. The Labute approximate surface area is 217 Å². The molecule has 1 fully saturated rings. The van der Waals surface area contributed by atoms with Crippen LogP contribution in [0.4, 0.5) is 5.69 Å². The van der Waals surface area contributed by atoms with Crippen LogP contribution in [0.5, 0.6) is 11.5 Å². The van der Waals surface area contributed by atoms with Gasteiger partial charge in [-0.15, -0.1) is 0 Å². The number of hydrogen-bond acceptors (Lipinski definition) is 5. The smallest absolute Gasteiger partial charge is 0.257 e. The molecule has 0 radical (unpaired) electrons. The monoisotopic (exact) mass is 496 g/mol. The van der Waals surface area contributed by atoms with Gasteiger partial charge in [-0.05, 0) is 48.9 Å². The van der Waals surface area contributed by atoms with Crippen molar-refractivity contribution in [2.75, 3.05) is 44.8 Å². The molecule has 1 aromatic heterocycles. The summed E-state index contributed by atoms with van der Waals surface area (Å²) in [4.78, 5) is 18.0. The number of carbonyl (C=O) groups is 1. The molecule has 0 atom stereocenters. The maximum absolute atomic E-state index is 13.8. The lowest BCUT2D eigenvalue weighted by Gasteiger charge is -2.36. The van der Waals surface area contributed by atoms with E-state index in [9.17, 15) is 4.79 Å². The normalized spacial score (nSPS) is 13.5. The van der Waals surface area contributed by atoms with Crippen LogP contribution >= 0.6 is 0 Å². The number of ether oxygens (including phenoxy) is 2. The zero-order valence-corrected chi connectivity index (χ0v) is 21.3. The summed E-state index contributed by atoms with van der Waals surface area (Å²) in [6.07, 6.45) is 1.88. The summed E-state index contributed by atoms with van der Waals surface area (Å²) in [6, 6.07) is 25.9. The van der Waals surface area contributed by atoms with Crippen molar-refractivity contribution < 1.29 is 14.3 Å². The van der Waals surface area contributed by atoms with Crippen LogP contribution in [0.3, 0.4) is 0 Å². The van der Waals surface area contributed by atoms with Gasteiger partial charge >= 0.3 is 0 Å². The van der Waals surface area contributed by atoms with Gasteiger partial charge in [-0.1, -0.05) is 42.5 Å². The fourth-order valence-electron chi connectivity index (χ4n) is 4.71. The molecule has 3 aromatic carbocycles. The number of piperazine rings is 1. The number of para-hydroxylation sites is 2. The highest BCUT2D eigenvalue weighted by Crippen LogP contribution is 2.30. The summed E-state index contributed by atoms with van der Waals surface area (Å²) in [5.41, 5.74) is 4.40. The van der Waals surface area contributed by atoms with Gasteiger partial charge in [0.1, 0.15) is 17.2 Å². The van der Waals surface area contributed by atoms with Crippen molar-refractivity contribution in [3.8, 4) is 22.8 Å². The lowest BCUT2D eigenvalue weighted by Crippen LogP contribution is -2.49. The molecule has 0 bridgehead atoms. The van der Waals surface area contributed by atoms with E-state index in [4.69, 9.17) is 14.6 Å². The largest absolute Gasteiger partial charge is 0.497 e.